The third-order valence-electron chi connectivity index (χ3n) is 4.47. The van der Waals surface area contributed by atoms with Crippen LogP contribution in [0.2, 0.25) is 5.02 Å². The van der Waals surface area contributed by atoms with Crippen molar-refractivity contribution in [3.8, 4) is 0 Å². The number of halogens is 2. The van der Waals surface area contributed by atoms with Crippen molar-refractivity contribution < 1.29 is 9.59 Å². The van der Waals surface area contributed by atoms with Crippen LogP contribution < -0.4 is 11.1 Å². The average molecular weight is 410 g/mol. The first kappa shape index (κ1) is 21.1. The third-order valence-corrected chi connectivity index (χ3v) is 4.73. The van der Waals surface area contributed by atoms with Crippen LogP contribution in [0.15, 0.2) is 36.7 Å². The first-order valence-electron chi connectivity index (χ1n) is 8.38. The number of nitrogens with one attached hydrogen (secondary N) is 1. The molecule has 2 atom stereocenters. The fourth-order valence-corrected chi connectivity index (χ4v) is 3.24. The Hall–Kier alpha value is -2.22. The molecule has 3 rings (SSSR count). The summed E-state index contributed by atoms with van der Waals surface area (Å²) in [7, 11) is 0. The molecule has 2 amide bonds. The lowest BCUT2D eigenvalue weighted by atomic mass is 10.1. The zero-order valence-corrected chi connectivity index (χ0v) is 16.3. The van der Waals surface area contributed by atoms with Crippen molar-refractivity contribution in [3.63, 3.8) is 0 Å². The summed E-state index contributed by atoms with van der Waals surface area (Å²) >= 11 is 5.85. The Morgan fingerprint density at radius 3 is 2.44 bits per heavy atom. The van der Waals surface area contributed by atoms with Crippen LogP contribution in [0.4, 0.5) is 5.69 Å². The molecule has 2 heterocycles. The summed E-state index contributed by atoms with van der Waals surface area (Å²) in [6, 6.07) is 6.72. The topological polar surface area (TPSA) is 101 Å². The molecular weight excluding hydrogens is 389 g/mol. The molecule has 144 valence electrons. The van der Waals surface area contributed by atoms with Gasteiger partial charge >= 0.3 is 0 Å². The lowest BCUT2D eigenvalue weighted by molar-refractivity contribution is 0.0731. The van der Waals surface area contributed by atoms with Crippen LogP contribution in [-0.4, -0.2) is 45.8 Å². The zero-order chi connectivity index (χ0) is 18.7. The molecule has 1 fully saturated rings. The lowest BCUT2D eigenvalue weighted by Crippen LogP contribution is -2.36. The number of likely N-dealkylation sites (tertiary alicyclic amines) is 1. The van der Waals surface area contributed by atoms with E-state index in [1.165, 1.54) is 12.4 Å². The minimum absolute atomic E-state index is 0. The van der Waals surface area contributed by atoms with Gasteiger partial charge in [0, 0.05) is 35.7 Å². The molecule has 2 aromatic rings. The third kappa shape index (κ3) is 4.74. The SMILES string of the molecule is CC1CC(CN)CN1C(=O)c1nccnc1C(=O)Nc1ccc(Cl)cc1.Cl. The van der Waals surface area contributed by atoms with E-state index in [-0.39, 0.29) is 41.7 Å². The molecule has 2 unspecified atom stereocenters. The smallest absolute Gasteiger partial charge is 0.276 e. The second-order valence-electron chi connectivity index (χ2n) is 6.36. The highest BCUT2D eigenvalue weighted by atomic mass is 35.5. The number of hydrogen-bond donors (Lipinski definition) is 2. The van der Waals surface area contributed by atoms with E-state index in [4.69, 9.17) is 17.3 Å². The number of nitrogens with two attached hydrogens (primary N) is 1. The molecule has 0 spiro atoms. The Balaban J connectivity index is 0.00000261. The molecule has 1 aromatic carbocycles. The average Bonchev–Trinajstić information content (AvgIpc) is 3.04. The molecule has 1 aliphatic rings. The Morgan fingerprint density at radius 1 is 1.22 bits per heavy atom. The molecule has 0 bridgehead atoms. The molecule has 0 radical (unpaired) electrons. The van der Waals surface area contributed by atoms with E-state index in [2.05, 4.69) is 15.3 Å². The van der Waals surface area contributed by atoms with E-state index in [9.17, 15) is 9.59 Å². The second kappa shape index (κ2) is 9.12. The number of amides is 2. The van der Waals surface area contributed by atoms with Gasteiger partial charge in [-0.2, -0.15) is 0 Å². The molecule has 0 aliphatic carbocycles. The highest BCUT2D eigenvalue weighted by Crippen LogP contribution is 2.24. The maximum absolute atomic E-state index is 12.9. The normalized spacial score (nSPS) is 18.7. The van der Waals surface area contributed by atoms with E-state index < -0.39 is 5.91 Å². The van der Waals surface area contributed by atoms with Crippen LogP contribution in [0, 0.1) is 5.92 Å². The maximum Gasteiger partial charge on any atom is 0.276 e. The van der Waals surface area contributed by atoms with Gasteiger partial charge in [0.15, 0.2) is 11.4 Å². The monoisotopic (exact) mass is 409 g/mol. The maximum atomic E-state index is 12.9. The van der Waals surface area contributed by atoms with Crippen molar-refractivity contribution in [1.82, 2.24) is 14.9 Å². The van der Waals surface area contributed by atoms with Gasteiger partial charge < -0.3 is 16.0 Å². The van der Waals surface area contributed by atoms with Crippen LogP contribution in [0.5, 0.6) is 0 Å². The number of carbonyl (C=O) groups is 2. The predicted octanol–water partition coefficient (Wildman–Crippen LogP) is 2.61. The van der Waals surface area contributed by atoms with Gasteiger partial charge in [0.25, 0.3) is 11.8 Å². The van der Waals surface area contributed by atoms with E-state index in [1.54, 1.807) is 29.2 Å². The summed E-state index contributed by atoms with van der Waals surface area (Å²) in [5, 5.41) is 3.28. The summed E-state index contributed by atoms with van der Waals surface area (Å²) in [5.74, 6) is -0.536. The number of nitrogens with zero attached hydrogens (tertiary/aromatic N) is 3. The predicted molar refractivity (Wildman–Crippen MR) is 106 cm³/mol. The minimum atomic E-state index is -0.494. The highest BCUT2D eigenvalue weighted by Gasteiger charge is 2.34. The molecule has 0 saturated carbocycles. The van der Waals surface area contributed by atoms with Gasteiger partial charge in [0.1, 0.15) is 0 Å². The van der Waals surface area contributed by atoms with Gasteiger partial charge in [0.2, 0.25) is 0 Å². The Morgan fingerprint density at radius 2 is 1.85 bits per heavy atom. The number of aromatic nitrogens is 2. The summed E-state index contributed by atoms with van der Waals surface area (Å²) in [6.45, 7) is 3.06. The lowest BCUT2D eigenvalue weighted by Gasteiger charge is -2.21. The molecule has 1 aliphatic heterocycles. The van der Waals surface area contributed by atoms with Gasteiger partial charge in [-0.1, -0.05) is 11.6 Å². The van der Waals surface area contributed by atoms with E-state index in [0.29, 0.717) is 23.8 Å². The molecule has 1 aromatic heterocycles. The molecule has 1 saturated heterocycles. The van der Waals surface area contributed by atoms with Gasteiger partial charge in [0.05, 0.1) is 0 Å². The van der Waals surface area contributed by atoms with Gasteiger partial charge in [-0.25, -0.2) is 9.97 Å². The second-order valence-corrected chi connectivity index (χ2v) is 6.79. The Bertz CT molecular complexity index is 816. The van der Waals surface area contributed by atoms with Crippen molar-refractivity contribution in [2.24, 2.45) is 11.7 Å². The van der Waals surface area contributed by atoms with Crippen molar-refractivity contribution in [2.75, 3.05) is 18.4 Å². The minimum Gasteiger partial charge on any atom is -0.334 e. The van der Waals surface area contributed by atoms with Crippen LogP contribution in [0.3, 0.4) is 0 Å². The largest absolute Gasteiger partial charge is 0.334 e. The fourth-order valence-electron chi connectivity index (χ4n) is 3.12. The van der Waals surface area contributed by atoms with Crippen molar-refractivity contribution in [1.29, 1.82) is 0 Å². The number of carbonyl (C=O) groups excluding carboxylic acids is 2. The number of hydrogen-bond acceptors (Lipinski definition) is 5. The number of benzene rings is 1. The summed E-state index contributed by atoms with van der Waals surface area (Å²) in [6.07, 6.45) is 3.64. The first-order valence-corrected chi connectivity index (χ1v) is 8.76. The standard InChI is InChI=1S/C18H20ClN5O2.ClH/c1-11-8-12(9-20)10-24(11)18(26)16-15(21-6-7-22-16)17(25)23-14-4-2-13(19)3-5-14;/h2-7,11-12H,8-10,20H2,1H3,(H,23,25);1H. The first-order chi connectivity index (χ1) is 12.5. The number of rotatable bonds is 4. The van der Waals surface area contributed by atoms with E-state index >= 15 is 0 Å². The molecule has 27 heavy (non-hydrogen) atoms. The van der Waals surface area contributed by atoms with Gasteiger partial charge in [-0.3, -0.25) is 9.59 Å². The number of anilines is 1. The Kier molecular flexibility index (Phi) is 7.12. The summed E-state index contributed by atoms with van der Waals surface area (Å²) in [4.78, 5) is 35.4. The van der Waals surface area contributed by atoms with Gasteiger partial charge in [-0.15, -0.1) is 12.4 Å². The molecule has 9 heteroatoms. The molecular formula is C18H21Cl2N5O2. The molecule has 3 N–H and O–H groups in total. The molecule has 7 nitrogen and oxygen atoms in total. The van der Waals surface area contributed by atoms with Gasteiger partial charge in [-0.05, 0) is 50.1 Å². The highest BCUT2D eigenvalue weighted by molar-refractivity contribution is 6.30. The summed E-state index contributed by atoms with van der Waals surface area (Å²) in [5.41, 5.74) is 6.33. The van der Waals surface area contributed by atoms with E-state index in [1.807, 2.05) is 6.92 Å². The van der Waals surface area contributed by atoms with E-state index in [0.717, 1.165) is 6.42 Å². The van der Waals surface area contributed by atoms with Crippen molar-refractivity contribution in [3.05, 3.63) is 53.1 Å². The zero-order valence-electron chi connectivity index (χ0n) is 14.8. The Labute approximate surface area is 168 Å². The van der Waals surface area contributed by atoms with Crippen LogP contribution in [0.25, 0.3) is 0 Å². The van der Waals surface area contributed by atoms with Crippen molar-refractivity contribution >= 4 is 41.5 Å². The van der Waals surface area contributed by atoms with Crippen LogP contribution >= 0.6 is 24.0 Å². The summed E-state index contributed by atoms with van der Waals surface area (Å²) < 4.78 is 0. The van der Waals surface area contributed by atoms with Crippen LogP contribution in [0.1, 0.15) is 34.3 Å². The quantitative estimate of drug-likeness (QED) is 0.807. The fraction of sp³-hybridized carbons (Fsp3) is 0.333. The van der Waals surface area contributed by atoms with Crippen LogP contribution in [-0.2, 0) is 0 Å². The van der Waals surface area contributed by atoms with Crippen molar-refractivity contribution in [2.45, 2.75) is 19.4 Å².